The molecule has 0 saturated heterocycles. The molecule has 170 valence electrons. The lowest BCUT2D eigenvalue weighted by Gasteiger charge is -2.22. The lowest BCUT2D eigenvalue weighted by Crippen LogP contribution is -2.38. The average Bonchev–Trinajstić information content (AvgIpc) is 2.76. The fourth-order valence-corrected chi connectivity index (χ4v) is 2.89. The van der Waals surface area contributed by atoms with Crippen molar-refractivity contribution in [1.82, 2.24) is 15.5 Å². The maximum atomic E-state index is 11.6. The number of hydrogen-bond acceptors (Lipinski definition) is 4. The van der Waals surface area contributed by atoms with Gasteiger partial charge in [-0.1, -0.05) is 36.4 Å². The number of hydrogen-bond donors (Lipinski definition) is 2. The monoisotopic (exact) mass is 540 g/mol. The molecule has 7 nitrogen and oxygen atoms in total. The quantitative estimate of drug-likeness (QED) is 0.275. The van der Waals surface area contributed by atoms with Gasteiger partial charge in [0.25, 0.3) is 5.91 Å². The zero-order chi connectivity index (χ0) is 21.8. The van der Waals surface area contributed by atoms with E-state index in [1.54, 1.807) is 7.11 Å². The number of methoxy groups -OCH3 is 1. The highest BCUT2D eigenvalue weighted by Gasteiger charge is 2.10. The summed E-state index contributed by atoms with van der Waals surface area (Å²) in [6.07, 6.45) is 0. The first-order valence-electron chi connectivity index (χ1n) is 10.2. The Bertz CT molecular complexity index is 831. The first-order valence-corrected chi connectivity index (χ1v) is 10.2. The molecule has 0 heterocycles. The van der Waals surface area contributed by atoms with Crippen molar-refractivity contribution in [2.24, 2.45) is 4.99 Å². The van der Waals surface area contributed by atoms with Crippen molar-refractivity contribution >= 4 is 35.8 Å². The Kier molecular flexibility index (Phi) is 12.4. The second-order valence-corrected chi connectivity index (χ2v) is 6.74. The third-order valence-corrected chi connectivity index (χ3v) is 4.33. The largest absolute Gasteiger partial charge is 0.493 e. The molecule has 0 aromatic heterocycles. The normalized spacial score (nSPS) is 10.6. The van der Waals surface area contributed by atoms with Gasteiger partial charge in [0.1, 0.15) is 0 Å². The zero-order valence-corrected chi connectivity index (χ0v) is 21.0. The van der Waals surface area contributed by atoms with Crippen LogP contribution in [-0.4, -0.2) is 50.6 Å². The molecule has 2 rings (SSSR count). The van der Waals surface area contributed by atoms with Crippen LogP contribution in [0.4, 0.5) is 0 Å². The molecule has 8 heteroatoms. The number of guanidine groups is 1. The van der Waals surface area contributed by atoms with Crippen LogP contribution in [0.3, 0.4) is 0 Å². The Morgan fingerprint density at radius 1 is 1.00 bits per heavy atom. The Labute approximate surface area is 202 Å². The second-order valence-electron chi connectivity index (χ2n) is 6.74. The van der Waals surface area contributed by atoms with E-state index in [9.17, 15) is 4.79 Å². The number of nitrogens with zero attached hydrogens (tertiary/aromatic N) is 2. The average molecular weight is 540 g/mol. The summed E-state index contributed by atoms with van der Waals surface area (Å²) in [5, 5.41) is 6.04. The summed E-state index contributed by atoms with van der Waals surface area (Å²) < 4.78 is 11.0. The number of ether oxygens (including phenoxy) is 2. The lowest BCUT2D eigenvalue weighted by molar-refractivity contribution is -0.123. The predicted molar refractivity (Wildman–Crippen MR) is 135 cm³/mol. The topological polar surface area (TPSA) is 75.2 Å². The summed E-state index contributed by atoms with van der Waals surface area (Å²) in [6.45, 7) is 6.49. The lowest BCUT2D eigenvalue weighted by atomic mass is 10.2. The van der Waals surface area contributed by atoms with Gasteiger partial charge in [0, 0.05) is 26.7 Å². The van der Waals surface area contributed by atoms with Crippen LogP contribution in [0.15, 0.2) is 53.5 Å². The number of likely N-dealkylation sites (N-methyl/N-ethyl adjacent to an activating group) is 1. The minimum absolute atomic E-state index is 0. The van der Waals surface area contributed by atoms with E-state index < -0.39 is 0 Å². The standard InChI is InChI=1S/C23H32N4O3.HI/c1-5-24-22(28)17-30-20-13-12-19(14-21(20)29-4)15-26-23(25-6-2)27(3)16-18-10-8-7-9-11-18;/h7-14H,5-6,15-17H2,1-4H3,(H,24,28)(H,25,26);1H. The molecule has 0 aliphatic rings. The van der Waals surface area contributed by atoms with Gasteiger partial charge in [0.2, 0.25) is 0 Å². The fourth-order valence-electron chi connectivity index (χ4n) is 2.89. The Balaban J connectivity index is 0.00000480. The van der Waals surface area contributed by atoms with E-state index in [0.29, 0.717) is 24.6 Å². The van der Waals surface area contributed by atoms with Crippen molar-refractivity contribution in [2.45, 2.75) is 26.9 Å². The third-order valence-electron chi connectivity index (χ3n) is 4.33. The predicted octanol–water partition coefficient (Wildman–Crippen LogP) is 3.43. The molecule has 0 radical (unpaired) electrons. The number of rotatable bonds is 10. The first-order chi connectivity index (χ1) is 14.6. The van der Waals surface area contributed by atoms with Crippen molar-refractivity contribution < 1.29 is 14.3 Å². The Morgan fingerprint density at radius 2 is 1.71 bits per heavy atom. The first kappa shape index (κ1) is 26.5. The molecule has 2 aromatic rings. The fraction of sp³-hybridized carbons (Fsp3) is 0.391. The molecule has 0 spiro atoms. The van der Waals surface area contributed by atoms with E-state index in [-0.39, 0.29) is 36.5 Å². The summed E-state index contributed by atoms with van der Waals surface area (Å²) in [4.78, 5) is 18.5. The maximum absolute atomic E-state index is 11.6. The van der Waals surface area contributed by atoms with Crippen molar-refractivity contribution in [1.29, 1.82) is 0 Å². The summed E-state index contributed by atoms with van der Waals surface area (Å²) in [6, 6.07) is 15.9. The van der Waals surface area contributed by atoms with Crippen LogP contribution in [0.1, 0.15) is 25.0 Å². The van der Waals surface area contributed by atoms with E-state index in [1.165, 1.54) is 5.56 Å². The molecule has 2 aromatic carbocycles. The van der Waals surface area contributed by atoms with E-state index >= 15 is 0 Å². The zero-order valence-electron chi connectivity index (χ0n) is 18.7. The number of nitrogens with one attached hydrogen (secondary N) is 2. The van der Waals surface area contributed by atoms with Crippen molar-refractivity contribution in [2.75, 3.05) is 33.9 Å². The molecule has 31 heavy (non-hydrogen) atoms. The molecule has 0 aliphatic carbocycles. The van der Waals surface area contributed by atoms with Gasteiger partial charge in [-0.25, -0.2) is 4.99 Å². The van der Waals surface area contributed by atoms with Crippen molar-refractivity contribution in [3.8, 4) is 11.5 Å². The SMILES string of the molecule is CCNC(=O)COc1ccc(CN=C(NCC)N(C)Cc2ccccc2)cc1OC.I. The summed E-state index contributed by atoms with van der Waals surface area (Å²) in [5.41, 5.74) is 2.21. The molecule has 1 amide bonds. The van der Waals surface area contributed by atoms with Crippen molar-refractivity contribution in [3.05, 3.63) is 59.7 Å². The van der Waals surface area contributed by atoms with Crippen LogP contribution in [0, 0.1) is 0 Å². The highest BCUT2D eigenvalue weighted by Crippen LogP contribution is 2.28. The Morgan fingerprint density at radius 3 is 2.35 bits per heavy atom. The molecular weight excluding hydrogens is 507 g/mol. The van der Waals surface area contributed by atoms with Crippen LogP contribution in [-0.2, 0) is 17.9 Å². The van der Waals surface area contributed by atoms with Gasteiger partial charge < -0.3 is 25.0 Å². The molecule has 0 fully saturated rings. The summed E-state index contributed by atoms with van der Waals surface area (Å²) in [7, 11) is 3.60. The van der Waals surface area contributed by atoms with Gasteiger partial charge in [-0.3, -0.25) is 4.79 Å². The van der Waals surface area contributed by atoms with Gasteiger partial charge >= 0.3 is 0 Å². The van der Waals surface area contributed by atoms with E-state index in [0.717, 1.165) is 24.6 Å². The molecule has 0 bridgehead atoms. The molecular formula is C23H33IN4O3. The van der Waals surface area contributed by atoms with Gasteiger partial charge in [-0.2, -0.15) is 0 Å². The number of halogens is 1. The second kappa shape index (κ2) is 14.5. The highest BCUT2D eigenvalue weighted by molar-refractivity contribution is 14.0. The maximum Gasteiger partial charge on any atom is 0.257 e. The minimum atomic E-state index is -0.162. The van der Waals surface area contributed by atoms with Crippen LogP contribution >= 0.6 is 24.0 Å². The number of benzene rings is 2. The van der Waals surface area contributed by atoms with Gasteiger partial charge in [-0.05, 0) is 37.1 Å². The number of amides is 1. The molecule has 0 unspecified atom stereocenters. The highest BCUT2D eigenvalue weighted by atomic mass is 127. The van der Waals surface area contributed by atoms with Crippen LogP contribution in [0.25, 0.3) is 0 Å². The van der Waals surface area contributed by atoms with E-state index in [1.807, 2.05) is 50.4 Å². The van der Waals surface area contributed by atoms with Crippen molar-refractivity contribution in [3.63, 3.8) is 0 Å². The van der Waals surface area contributed by atoms with Gasteiger partial charge in [-0.15, -0.1) is 24.0 Å². The smallest absolute Gasteiger partial charge is 0.257 e. The summed E-state index contributed by atoms with van der Waals surface area (Å²) >= 11 is 0. The number of carbonyl (C=O) groups excluding carboxylic acids is 1. The molecule has 0 aliphatic heterocycles. The molecule has 0 saturated carbocycles. The molecule has 0 atom stereocenters. The van der Waals surface area contributed by atoms with Gasteiger partial charge in [0.15, 0.2) is 24.1 Å². The molecule has 2 N–H and O–H groups in total. The number of aliphatic imine (C=N–C) groups is 1. The number of carbonyl (C=O) groups is 1. The van der Waals surface area contributed by atoms with E-state index in [2.05, 4.69) is 34.6 Å². The van der Waals surface area contributed by atoms with E-state index in [4.69, 9.17) is 14.5 Å². The Hall–Kier alpha value is -2.49. The van der Waals surface area contributed by atoms with Crippen LogP contribution in [0.5, 0.6) is 11.5 Å². The third kappa shape index (κ3) is 9.04. The summed E-state index contributed by atoms with van der Waals surface area (Å²) in [5.74, 6) is 1.78. The van der Waals surface area contributed by atoms with Crippen LogP contribution < -0.4 is 20.1 Å². The van der Waals surface area contributed by atoms with Gasteiger partial charge in [0.05, 0.1) is 13.7 Å². The minimum Gasteiger partial charge on any atom is -0.493 e. The van der Waals surface area contributed by atoms with Crippen LogP contribution in [0.2, 0.25) is 0 Å².